The second kappa shape index (κ2) is 7.22. The molecule has 112 valence electrons. The van der Waals surface area contributed by atoms with Crippen molar-refractivity contribution in [1.82, 2.24) is 0 Å². The molecule has 0 unspecified atom stereocenters. The third-order valence-corrected chi connectivity index (χ3v) is 2.94. The average molecular weight is 294 g/mol. The fourth-order valence-electron chi connectivity index (χ4n) is 2.03. The molecule has 0 saturated heterocycles. The maximum atomic E-state index is 11.4. The fraction of sp³-hybridized carbons (Fsp3) is 0.111. The molecule has 0 atom stereocenters. The van der Waals surface area contributed by atoms with Gasteiger partial charge in [0.05, 0.1) is 5.69 Å². The van der Waals surface area contributed by atoms with Crippen LogP contribution < -0.4 is 10.6 Å². The van der Waals surface area contributed by atoms with Crippen LogP contribution in [0.15, 0.2) is 48.5 Å². The molecular weight excluding hydrogens is 276 g/mol. The maximum absolute atomic E-state index is 11.4. The second-order valence-electron chi connectivity index (χ2n) is 4.91. The highest BCUT2D eigenvalue weighted by Gasteiger charge is 2.04. The first-order valence-corrected chi connectivity index (χ1v) is 6.97. The van der Waals surface area contributed by atoms with Crippen molar-refractivity contribution < 1.29 is 9.59 Å². The van der Waals surface area contributed by atoms with Gasteiger partial charge in [0.1, 0.15) is 0 Å². The van der Waals surface area contributed by atoms with E-state index in [-0.39, 0.29) is 11.8 Å². The molecule has 0 bridgehead atoms. The van der Waals surface area contributed by atoms with Crippen molar-refractivity contribution in [3.8, 4) is 0 Å². The van der Waals surface area contributed by atoms with Crippen molar-refractivity contribution in [2.45, 2.75) is 13.8 Å². The molecule has 2 N–H and O–H groups in total. The lowest BCUT2D eigenvalue weighted by Gasteiger charge is -2.10. The van der Waals surface area contributed by atoms with Crippen LogP contribution in [0.5, 0.6) is 0 Å². The normalized spacial score (nSPS) is 10.5. The summed E-state index contributed by atoms with van der Waals surface area (Å²) in [5.41, 5.74) is 3.24. The summed E-state index contributed by atoms with van der Waals surface area (Å²) in [5.74, 6) is -0.310. The van der Waals surface area contributed by atoms with Gasteiger partial charge in [0.2, 0.25) is 11.8 Å². The molecule has 0 aliphatic heterocycles. The van der Waals surface area contributed by atoms with Gasteiger partial charge in [0.15, 0.2) is 0 Å². The molecular formula is C18H18N2O2. The topological polar surface area (TPSA) is 58.2 Å². The predicted molar refractivity (Wildman–Crippen MR) is 90.4 cm³/mol. The minimum atomic E-state index is -0.158. The van der Waals surface area contributed by atoms with Crippen molar-refractivity contribution >= 4 is 35.3 Å². The smallest absolute Gasteiger partial charge is 0.221 e. The minimum absolute atomic E-state index is 0.152. The number of hydrogen-bond donors (Lipinski definition) is 2. The first-order chi connectivity index (χ1) is 10.5. The van der Waals surface area contributed by atoms with Crippen LogP contribution >= 0.6 is 0 Å². The van der Waals surface area contributed by atoms with E-state index in [1.165, 1.54) is 13.8 Å². The molecule has 0 aromatic heterocycles. The predicted octanol–water partition coefficient (Wildman–Crippen LogP) is 3.77. The van der Waals surface area contributed by atoms with Crippen LogP contribution in [0, 0.1) is 0 Å². The van der Waals surface area contributed by atoms with Crippen molar-refractivity contribution in [1.29, 1.82) is 0 Å². The third-order valence-electron chi connectivity index (χ3n) is 2.94. The Kier molecular flexibility index (Phi) is 5.09. The molecule has 4 heteroatoms. The number of carbonyl (C=O) groups is 2. The van der Waals surface area contributed by atoms with Gasteiger partial charge in [-0.1, -0.05) is 48.6 Å². The Labute approximate surface area is 129 Å². The number of nitrogens with one attached hydrogen (secondary N) is 2. The van der Waals surface area contributed by atoms with E-state index in [9.17, 15) is 9.59 Å². The Morgan fingerprint density at radius 3 is 2.18 bits per heavy atom. The van der Waals surface area contributed by atoms with Gasteiger partial charge in [-0.25, -0.2) is 0 Å². The number of amides is 2. The number of anilines is 2. The van der Waals surface area contributed by atoms with Crippen LogP contribution in [0.3, 0.4) is 0 Å². The zero-order valence-electron chi connectivity index (χ0n) is 12.6. The number of benzene rings is 2. The van der Waals surface area contributed by atoms with E-state index in [1.54, 1.807) is 12.1 Å². The van der Waals surface area contributed by atoms with Gasteiger partial charge in [-0.05, 0) is 23.3 Å². The summed E-state index contributed by atoms with van der Waals surface area (Å²) in [7, 11) is 0. The van der Waals surface area contributed by atoms with Crippen LogP contribution in [-0.4, -0.2) is 11.8 Å². The highest BCUT2D eigenvalue weighted by atomic mass is 16.2. The highest BCUT2D eigenvalue weighted by Crippen LogP contribution is 2.23. The molecule has 0 fully saturated rings. The van der Waals surface area contributed by atoms with Crippen molar-refractivity contribution in [3.05, 3.63) is 59.7 Å². The van der Waals surface area contributed by atoms with Crippen molar-refractivity contribution in [3.63, 3.8) is 0 Å². The monoisotopic (exact) mass is 294 g/mol. The molecule has 2 amide bonds. The van der Waals surface area contributed by atoms with E-state index < -0.39 is 0 Å². The number of rotatable bonds is 4. The molecule has 0 radical (unpaired) electrons. The van der Waals surface area contributed by atoms with Crippen LogP contribution in [0.2, 0.25) is 0 Å². The molecule has 0 aliphatic rings. The molecule has 0 spiro atoms. The van der Waals surface area contributed by atoms with E-state index in [1.807, 2.05) is 48.6 Å². The highest BCUT2D eigenvalue weighted by molar-refractivity contribution is 5.95. The van der Waals surface area contributed by atoms with Crippen LogP contribution in [0.4, 0.5) is 11.4 Å². The van der Waals surface area contributed by atoms with Crippen LogP contribution in [-0.2, 0) is 9.59 Å². The standard InChI is InChI=1S/C18H18N2O2/c1-13(21)19-17-11-10-16(18(12-17)20-14(2)22)9-8-15-6-4-3-5-7-15/h3-12H,1-2H3,(H,19,21)(H,20,22). The van der Waals surface area contributed by atoms with Crippen molar-refractivity contribution in [2.24, 2.45) is 0 Å². The quantitative estimate of drug-likeness (QED) is 0.843. The summed E-state index contributed by atoms with van der Waals surface area (Å²) < 4.78 is 0. The maximum Gasteiger partial charge on any atom is 0.221 e. The minimum Gasteiger partial charge on any atom is -0.326 e. The molecule has 4 nitrogen and oxygen atoms in total. The molecule has 0 heterocycles. The van der Waals surface area contributed by atoms with Gasteiger partial charge in [-0.15, -0.1) is 0 Å². The zero-order chi connectivity index (χ0) is 15.9. The van der Waals surface area contributed by atoms with Crippen molar-refractivity contribution in [2.75, 3.05) is 10.6 Å². The van der Waals surface area contributed by atoms with E-state index in [0.29, 0.717) is 11.4 Å². The zero-order valence-corrected chi connectivity index (χ0v) is 12.6. The van der Waals surface area contributed by atoms with Crippen LogP contribution in [0.1, 0.15) is 25.0 Å². The first-order valence-electron chi connectivity index (χ1n) is 6.97. The Morgan fingerprint density at radius 2 is 1.55 bits per heavy atom. The summed E-state index contributed by atoms with van der Waals surface area (Å²) in [6, 6.07) is 15.3. The second-order valence-corrected chi connectivity index (χ2v) is 4.91. The Balaban J connectivity index is 2.30. The Morgan fingerprint density at radius 1 is 0.864 bits per heavy atom. The summed E-state index contributed by atoms with van der Waals surface area (Å²) in [6.07, 6.45) is 3.90. The van der Waals surface area contributed by atoms with Gasteiger partial charge in [-0.3, -0.25) is 9.59 Å². The summed E-state index contributed by atoms with van der Waals surface area (Å²) in [4.78, 5) is 22.5. The number of hydrogen-bond acceptors (Lipinski definition) is 2. The average Bonchev–Trinajstić information content (AvgIpc) is 2.46. The van der Waals surface area contributed by atoms with E-state index in [2.05, 4.69) is 10.6 Å². The van der Waals surface area contributed by atoms with Crippen LogP contribution in [0.25, 0.3) is 12.2 Å². The molecule has 0 aliphatic carbocycles. The Bertz CT molecular complexity index is 706. The molecule has 22 heavy (non-hydrogen) atoms. The van der Waals surface area contributed by atoms with E-state index >= 15 is 0 Å². The summed E-state index contributed by atoms with van der Waals surface area (Å²) in [5, 5.41) is 5.49. The lowest BCUT2D eigenvalue weighted by molar-refractivity contribution is -0.115. The van der Waals surface area contributed by atoms with Gasteiger partial charge in [-0.2, -0.15) is 0 Å². The lowest BCUT2D eigenvalue weighted by atomic mass is 10.1. The van der Waals surface area contributed by atoms with E-state index in [0.717, 1.165) is 11.1 Å². The summed E-state index contributed by atoms with van der Waals surface area (Å²) in [6.45, 7) is 2.90. The SMILES string of the molecule is CC(=O)Nc1ccc(C=Cc2ccccc2)c(NC(C)=O)c1. The number of carbonyl (C=O) groups excluding carboxylic acids is 2. The molecule has 2 rings (SSSR count). The Hall–Kier alpha value is -2.88. The van der Waals surface area contributed by atoms with Gasteiger partial charge in [0, 0.05) is 19.5 Å². The molecule has 0 saturated carbocycles. The fourth-order valence-corrected chi connectivity index (χ4v) is 2.03. The largest absolute Gasteiger partial charge is 0.326 e. The first kappa shape index (κ1) is 15.5. The summed E-state index contributed by atoms with van der Waals surface area (Å²) >= 11 is 0. The molecule has 2 aromatic rings. The lowest BCUT2D eigenvalue weighted by Crippen LogP contribution is -2.09. The van der Waals surface area contributed by atoms with Gasteiger partial charge >= 0.3 is 0 Å². The van der Waals surface area contributed by atoms with Gasteiger partial charge < -0.3 is 10.6 Å². The molecule has 2 aromatic carbocycles. The van der Waals surface area contributed by atoms with Gasteiger partial charge in [0.25, 0.3) is 0 Å². The van der Waals surface area contributed by atoms with E-state index in [4.69, 9.17) is 0 Å². The third kappa shape index (κ3) is 4.59.